The number of aliphatic hydroxyl groups excluding tert-OH is 1. The molecule has 0 aromatic heterocycles. The molecule has 0 bridgehead atoms. The second kappa shape index (κ2) is 10.3. The van der Waals surface area contributed by atoms with Crippen LogP contribution in [0.2, 0.25) is 0 Å². The Morgan fingerprint density at radius 2 is 1.48 bits per heavy atom. The first kappa shape index (κ1) is 21.8. The molecule has 0 amide bonds. The predicted octanol–water partition coefficient (Wildman–Crippen LogP) is 3.46. The van der Waals surface area contributed by atoms with Crippen LogP contribution in [0, 0.1) is 11.6 Å². The summed E-state index contributed by atoms with van der Waals surface area (Å²) < 4.78 is 32.7. The summed E-state index contributed by atoms with van der Waals surface area (Å²) in [5.74, 6) is -0.655. The van der Waals surface area contributed by atoms with E-state index in [0.717, 1.165) is 37.1 Å². The molecule has 3 rings (SSSR count). The van der Waals surface area contributed by atoms with Gasteiger partial charge in [0, 0.05) is 12.6 Å². The molecule has 1 aliphatic rings. The van der Waals surface area contributed by atoms with Crippen molar-refractivity contribution in [3.8, 4) is 0 Å². The second-order valence-electron chi connectivity index (χ2n) is 7.94. The minimum Gasteiger partial charge on any atom is -0.389 e. The lowest BCUT2D eigenvalue weighted by Gasteiger charge is -2.36. The standard InChI is InChI=1S/C23H30F2N2O2/c1-26-13-11-21(12-14-26)27(2)15-22(28)16-29-23(17-3-7-19(24)8-4-17)18-5-9-20(25)10-6-18/h3-10,21-23,28H,11-16H2,1-2H3. The first-order valence-electron chi connectivity index (χ1n) is 10.1. The SMILES string of the molecule is CN1CCC(N(C)CC(O)COC(c2ccc(F)cc2)c2ccc(F)cc2)CC1. The number of aliphatic hydroxyl groups is 1. The molecule has 158 valence electrons. The van der Waals surface area contributed by atoms with Crippen LogP contribution in [-0.4, -0.2) is 67.4 Å². The maximum Gasteiger partial charge on any atom is 0.123 e. The summed E-state index contributed by atoms with van der Waals surface area (Å²) in [6, 6.07) is 12.6. The molecule has 1 fully saturated rings. The highest BCUT2D eigenvalue weighted by molar-refractivity contribution is 5.30. The Morgan fingerprint density at radius 1 is 1.00 bits per heavy atom. The van der Waals surface area contributed by atoms with E-state index in [1.54, 1.807) is 24.3 Å². The molecule has 1 N–H and O–H groups in total. The Labute approximate surface area is 171 Å². The van der Waals surface area contributed by atoms with Crippen molar-refractivity contribution < 1.29 is 18.6 Å². The first-order chi connectivity index (χ1) is 13.9. The van der Waals surface area contributed by atoms with Gasteiger partial charge >= 0.3 is 0 Å². The normalized spacial score (nSPS) is 17.2. The molecule has 1 unspecified atom stereocenters. The zero-order chi connectivity index (χ0) is 20.8. The number of hydrogen-bond donors (Lipinski definition) is 1. The zero-order valence-electron chi connectivity index (χ0n) is 17.1. The summed E-state index contributed by atoms with van der Waals surface area (Å²) in [6.07, 6.45) is 1.03. The number of piperidine rings is 1. The Kier molecular flexibility index (Phi) is 7.72. The average molecular weight is 405 g/mol. The van der Waals surface area contributed by atoms with Gasteiger partial charge in [0.05, 0.1) is 12.7 Å². The van der Waals surface area contributed by atoms with Crippen LogP contribution in [0.15, 0.2) is 48.5 Å². The van der Waals surface area contributed by atoms with Crippen LogP contribution in [0.5, 0.6) is 0 Å². The summed E-state index contributed by atoms with van der Waals surface area (Å²) in [6.45, 7) is 2.79. The summed E-state index contributed by atoms with van der Waals surface area (Å²) in [7, 11) is 4.17. The minimum atomic E-state index is -0.650. The van der Waals surface area contributed by atoms with E-state index in [1.165, 1.54) is 24.3 Å². The van der Waals surface area contributed by atoms with Crippen molar-refractivity contribution in [3.63, 3.8) is 0 Å². The van der Waals surface area contributed by atoms with Gasteiger partial charge in [0.2, 0.25) is 0 Å². The van der Waals surface area contributed by atoms with Crippen molar-refractivity contribution in [3.05, 3.63) is 71.3 Å². The lowest BCUT2D eigenvalue weighted by atomic mass is 10.0. The van der Waals surface area contributed by atoms with Crippen LogP contribution in [0.3, 0.4) is 0 Å². The van der Waals surface area contributed by atoms with Crippen molar-refractivity contribution >= 4 is 0 Å². The van der Waals surface area contributed by atoms with E-state index >= 15 is 0 Å². The fourth-order valence-electron chi connectivity index (χ4n) is 3.84. The molecule has 4 nitrogen and oxygen atoms in total. The van der Waals surface area contributed by atoms with Crippen molar-refractivity contribution in [2.24, 2.45) is 0 Å². The van der Waals surface area contributed by atoms with Gasteiger partial charge in [-0.3, -0.25) is 0 Å². The molecule has 2 aromatic carbocycles. The van der Waals surface area contributed by atoms with Crippen molar-refractivity contribution in [1.82, 2.24) is 9.80 Å². The Balaban J connectivity index is 1.61. The van der Waals surface area contributed by atoms with Gasteiger partial charge in [-0.15, -0.1) is 0 Å². The molecule has 0 aliphatic carbocycles. The van der Waals surface area contributed by atoms with Crippen LogP contribution in [0.4, 0.5) is 8.78 Å². The monoisotopic (exact) mass is 404 g/mol. The molecule has 1 heterocycles. The van der Waals surface area contributed by atoms with E-state index in [9.17, 15) is 13.9 Å². The third-order valence-electron chi connectivity index (χ3n) is 5.61. The molecule has 6 heteroatoms. The van der Waals surface area contributed by atoms with Crippen molar-refractivity contribution in [2.75, 3.05) is 40.3 Å². The third kappa shape index (κ3) is 6.31. The molecule has 0 radical (unpaired) electrons. The molecule has 1 atom stereocenters. The third-order valence-corrected chi connectivity index (χ3v) is 5.61. The number of hydrogen-bond acceptors (Lipinski definition) is 4. The molecule has 29 heavy (non-hydrogen) atoms. The van der Waals surface area contributed by atoms with Crippen molar-refractivity contribution in [2.45, 2.75) is 31.1 Å². The number of rotatable bonds is 8. The van der Waals surface area contributed by atoms with E-state index in [-0.39, 0.29) is 18.2 Å². The van der Waals surface area contributed by atoms with Crippen LogP contribution in [0.25, 0.3) is 0 Å². The summed E-state index contributed by atoms with van der Waals surface area (Å²) in [5, 5.41) is 10.5. The van der Waals surface area contributed by atoms with Gasteiger partial charge in [-0.2, -0.15) is 0 Å². The number of benzene rings is 2. The average Bonchev–Trinajstić information content (AvgIpc) is 2.71. The molecule has 0 spiro atoms. The van der Waals surface area contributed by atoms with E-state index < -0.39 is 12.2 Å². The van der Waals surface area contributed by atoms with Gasteiger partial charge in [0.15, 0.2) is 0 Å². The van der Waals surface area contributed by atoms with E-state index in [0.29, 0.717) is 12.6 Å². The zero-order valence-corrected chi connectivity index (χ0v) is 17.1. The van der Waals surface area contributed by atoms with E-state index in [2.05, 4.69) is 16.8 Å². The highest BCUT2D eigenvalue weighted by atomic mass is 19.1. The Morgan fingerprint density at radius 3 is 1.97 bits per heavy atom. The minimum absolute atomic E-state index is 0.135. The van der Waals surface area contributed by atoms with Crippen LogP contribution in [0.1, 0.15) is 30.1 Å². The molecular formula is C23H30F2N2O2. The van der Waals surface area contributed by atoms with Crippen molar-refractivity contribution in [1.29, 1.82) is 0 Å². The lowest BCUT2D eigenvalue weighted by molar-refractivity contribution is -0.0135. The van der Waals surface area contributed by atoms with E-state index in [4.69, 9.17) is 4.74 Å². The number of nitrogens with zero attached hydrogens (tertiary/aromatic N) is 2. The maximum absolute atomic E-state index is 13.3. The molecule has 0 saturated carbocycles. The summed E-state index contributed by atoms with van der Waals surface area (Å²) >= 11 is 0. The topological polar surface area (TPSA) is 35.9 Å². The quantitative estimate of drug-likeness (QED) is 0.731. The van der Waals surface area contributed by atoms with Gasteiger partial charge in [-0.25, -0.2) is 8.78 Å². The number of likely N-dealkylation sites (N-methyl/N-ethyl adjacent to an activating group) is 1. The fourth-order valence-corrected chi connectivity index (χ4v) is 3.84. The van der Waals surface area contributed by atoms with Gasteiger partial charge in [0.25, 0.3) is 0 Å². The first-order valence-corrected chi connectivity index (χ1v) is 10.1. The molecule has 1 aliphatic heterocycles. The summed E-state index contributed by atoms with van der Waals surface area (Å²) in [4.78, 5) is 4.52. The maximum atomic E-state index is 13.3. The second-order valence-corrected chi connectivity index (χ2v) is 7.94. The number of likely N-dealkylation sites (tertiary alicyclic amines) is 1. The molecule has 2 aromatic rings. The van der Waals surface area contributed by atoms with Gasteiger partial charge in [-0.1, -0.05) is 24.3 Å². The van der Waals surface area contributed by atoms with Gasteiger partial charge < -0.3 is 19.6 Å². The fraction of sp³-hybridized carbons (Fsp3) is 0.478. The van der Waals surface area contributed by atoms with Crippen LogP contribution >= 0.6 is 0 Å². The van der Waals surface area contributed by atoms with Gasteiger partial charge in [-0.05, 0) is 75.4 Å². The summed E-state index contributed by atoms with van der Waals surface area (Å²) in [5.41, 5.74) is 1.52. The lowest BCUT2D eigenvalue weighted by Crippen LogP contribution is -2.45. The molecular weight excluding hydrogens is 374 g/mol. The van der Waals surface area contributed by atoms with Gasteiger partial charge in [0.1, 0.15) is 17.7 Å². The largest absolute Gasteiger partial charge is 0.389 e. The highest BCUT2D eigenvalue weighted by Gasteiger charge is 2.23. The smallest absolute Gasteiger partial charge is 0.123 e. The van der Waals surface area contributed by atoms with Crippen LogP contribution < -0.4 is 0 Å². The van der Waals surface area contributed by atoms with E-state index in [1.807, 2.05) is 7.05 Å². The molecule has 1 saturated heterocycles. The predicted molar refractivity (Wildman–Crippen MR) is 110 cm³/mol. The highest BCUT2D eigenvalue weighted by Crippen LogP contribution is 2.27. The Hall–Kier alpha value is -1.86. The Bertz CT molecular complexity index is 701. The number of halogens is 2. The van der Waals surface area contributed by atoms with Crippen LogP contribution in [-0.2, 0) is 4.74 Å². The number of ether oxygens (including phenoxy) is 1.